The van der Waals surface area contributed by atoms with Gasteiger partial charge in [0.2, 0.25) is 0 Å². The van der Waals surface area contributed by atoms with Crippen LogP contribution in [0.2, 0.25) is 0 Å². The van der Waals surface area contributed by atoms with Crippen LogP contribution in [0.1, 0.15) is 42.5 Å². The summed E-state index contributed by atoms with van der Waals surface area (Å²) in [7, 11) is 0. The summed E-state index contributed by atoms with van der Waals surface area (Å²) in [6.07, 6.45) is 4.48. The van der Waals surface area contributed by atoms with Crippen molar-refractivity contribution in [2.45, 2.75) is 38.6 Å². The molecule has 1 N–H and O–H groups in total. The minimum absolute atomic E-state index is 0.0119. The first kappa shape index (κ1) is 16.5. The maximum absolute atomic E-state index is 13.0. The zero-order valence-corrected chi connectivity index (χ0v) is 13.8. The van der Waals surface area contributed by atoms with E-state index in [0.29, 0.717) is 0 Å². The van der Waals surface area contributed by atoms with E-state index in [0.717, 1.165) is 24.2 Å². The van der Waals surface area contributed by atoms with E-state index < -0.39 is 0 Å². The molecule has 1 aliphatic carbocycles. The Morgan fingerprint density at radius 1 is 1.17 bits per heavy atom. The van der Waals surface area contributed by atoms with Gasteiger partial charge in [-0.2, -0.15) is 0 Å². The number of amides is 1. The van der Waals surface area contributed by atoms with Crippen LogP contribution in [0.4, 0.5) is 4.39 Å². The van der Waals surface area contributed by atoms with Crippen LogP contribution in [-0.2, 0) is 17.6 Å². The molecule has 1 amide bonds. The fourth-order valence-electron chi connectivity index (χ4n) is 3.14. The number of ether oxygens (including phenoxy) is 1. The van der Waals surface area contributed by atoms with E-state index in [-0.39, 0.29) is 24.4 Å². The number of carbonyl (C=O) groups excluding carboxylic acids is 1. The molecule has 0 fully saturated rings. The first-order valence-electron chi connectivity index (χ1n) is 8.42. The first-order valence-corrected chi connectivity index (χ1v) is 8.42. The summed E-state index contributed by atoms with van der Waals surface area (Å²) in [6.45, 7) is 1.86. The average molecular weight is 327 g/mol. The highest BCUT2D eigenvalue weighted by Crippen LogP contribution is 2.29. The third-order valence-corrected chi connectivity index (χ3v) is 4.46. The second-order valence-electron chi connectivity index (χ2n) is 6.23. The molecule has 0 aromatic heterocycles. The molecule has 3 rings (SSSR count). The van der Waals surface area contributed by atoms with E-state index in [1.165, 1.54) is 36.1 Å². The summed E-state index contributed by atoms with van der Waals surface area (Å²) in [5.41, 5.74) is 3.43. The summed E-state index contributed by atoms with van der Waals surface area (Å²) < 4.78 is 18.7. The minimum Gasteiger partial charge on any atom is -0.483 e. The molecule has 3 nitrogen and oxygen atoms in total. The second-order valence-corrected chi connectivity index (χ2v) is 6.23. The molecule has 0 aliphatic heterocycles. The predicted molar refractivity (Wildman–Crippen MR) is 91.5 cm³/mol. The average Bonchev–Trinajstić information content (AvgIpc) is 2.60. The van der Waals surface area contributed by atoms with Gasteiger partial charge in [-0.25, -0.2) is 4.39 Å². The number of aryl methyl sites for hydroxylation is 1. The number of hydrogen-bond donors (Lipinski definition) is 1. The number of benzene rings is 2. The monoisotopic (exact) mass is 327 g/mol. The van der Waals surface area contributed by atoms with Gasteiger partial charge in [-0.05, 0) is 67.5 Å². The zero-order chi connectivity index (χ0) is 16.9. The molecule has 0 radical (unpaired) electrons. The Morgan fingerprint density at radius 2 is 1.92 bits per heavy atom. The highest BCUT2D eigenvalue weighted by atomic mass is 19.1. The number of hydrogen-bond acceptors (Lipinski definition) is 2. The Bertz CT molecular complexity index is 712. The molecule has 1 unspecified atom stereocenters. The van der Waals surface area contributed by atoms with E-state index in [4.69, 9.17) is 4.74 Å². The highest BCUT2D eigenvalue weighted by Gasteiger charge is 2.15. The normalized spacial score (nSPS) is 14.6. The van der Waals surface area contributed by atoms with Crippen LogP contribution in [0.15, 0.2) is 42.5 Å². The fraction of sp³-hybridized carbons (Fsp3) is 0.350. The molecule has 24 heavy (non-hydrogen) atoms. The van der Waals surface area contributed by atoms with Crippen molar-refractivity contribution in [3.8, 4) is 5.75 Å². The molecule has 1 atom stereocenters. The lowest BCUT2D eigenvalue weighted by Gasteiger charge is -2.20. The Hall–Kier alpha value is -2.36. The second kappa shape index (κ2) is 7.47. The van der Waals surface area contributed by atoms with Gasteiger partial charge in [0, 0.05) is 0 Å². The van der Waals surface area contributed by atoms with E-state index in [9.17, 15) is 9.18 Å². The number of rotatable bonds is 5. The van der Waals surface area contributed by atoms with Crippen molar-refractivity contribution < 1.29 is 13.9 Å². The van der Waals surface area contributed by atoms with Crippen LogP contribution >= 0.6 is 0 Å². The molecular weight excluding hydrogens is 305 g/mol. The summed E-state index contributed by atoms with van der Waals surface area (Å²) in [6, 6.07) is 12.0. The van der Waals surface area contributed by atoms with Gasteiger partial charge >= 0.3 is 0 Å². The lowest BCUT2D eigenvalue weighted by Crippen LogP contribution is -2.31. The predicted octanol–water partition coefficient (Wildman–Crippen LogP) is 3.96. The molecule has 0 bridgehead atoms. The van der Waals surface area contributed by atoms with Crippen LogP contribution in [0.5, 0.6) is 5.75 Å². The fourth-order valence-corrected chi connectivity index (χ4v) is 3.14. The molecule has 2 aromatic rings. The van der Waals surface area contributed by atoms with E-state index in [2.05, 4.69) is 11.4 Å². The minimum atomic E-state index is -0.283. The Balaban J connectivity index is 1.57. The number of nitrogens with one attached hydrogen (secondary N) is 1. The quantitative estimate of drug-likeness (QED) is 0.903. The van der Waals surface area contributed by atoms with Crippen molar-refractivity contribution in [2.75, 3.05) is 6.61 Å². The topological polar surface area (TPSA) is 38.3 Å². The Kier molecular flexibility index (Phi) is 5.14. The Morgan fingerprint density at radius 3 is 2.71 bits per heavy atom. The number of carbonyl (C=O) groups is 1. The van der Waals surface area contributed by atoms with Crippen LogP contribution < -0.4 is 10.1 Å². The van der Waals surface area contributed by atoms with Crippen molar-refractivity contribution in [1.29, 1.82) is 0 Å². The van der Waals surface area contributed by atoms with Gasteiger partial charge in [-0.15, -0.1) is 0 Å². The van der Waals surface area contributed by atoms with Gasteiger partial charge in [-0.3, -0.25) is 4.79 Å². The molecule has 2 aromatic carbocycles. The number of fused-ring (bicyclic) bond motifs is 1. The molecule has 126 valence electrons. The maximum Gasteiger partial charge on any atom is 0.258 e. The van der Waals surface area contributed by atoms with E-state index in [1.807, 2.05) is 19.1 Å². The van der Waals surface area contributed by atoms with E-state index >= 15 is 0 Å². The lowest BCUT2D eigenvalue weighted by atomic mass is 9.91. The van der Waals surface area contributed by atoms with Gasteiger partial charge in [0.05, 0.1) is 6.04 Å². The van der Waals surface area contributed by atoms with Crippen molar-refractivity contribution in [2.24, 2.45) is 0 Å². The van der Waals surface area contributed by atoms with Crippen LogP contribution in [-0.4, -0.2) is 12.5 Å². The van der Waals surface area contributed by atoms with Gasteiger partial charge in [0.1, 0.15) is 11.6 Å². The lowest BCUT2D eigenvalue weighted by molar-refractivity contribution is -0.123. The standard InChI is InChI=1S/C20H22FNO2/c1-14(15-9-11-17(21)12-10-15)22-20(23)13-24-19-8-4-6-16-5-2-3-7-18(16)19/h4,6,8-12,14H,2-3,5,7,13H2,1H3,(H,22,23). The zero-order valence-electron chi connectivity index (χ0n) is 13.8. The highest BCUT2D eigenvalue weighted by molar-refractivity contribution is 5.78. The van der Waals surface area contributed by atoms with Crippen molar-refractivity contribution in [1.82, 2.24) is 5.32 Å². The van der Waals surface area contributed by atoms with Crippen LogP contribution in [0, 0.1) is 5.82 Å². The molecule has 1 aliphatic rings. The van der Waals surface area contributed by atoms with Gasteiger partial charge in [0.25, 0.3) is 5.91 Å². The van der Waals surface area contributed by atoms with Crippen molar-refractivity contribution in [3.63, 3.8) is 0 Å². The molecule has 0 saturated heterocycles. The maximum atomic E-state index is 13.0. The third-order valence-electron chi connectivity index (χ3n) is 4.46. The van der Waals surface area contributed by atoms with Gasteiger partial charge in [0.15, 0.2) is 6.61 Å². The Labute approximate surface area is 141 Å². The third kappa shape index (κ3) is 3.94. The molecule has 0 saturated carbocycles. The molecule has 4 heteroatoms. The largest absolute Gasteiger partial charge is 0.483 e. The molecular formula is C20H22FNO2. The van der Waals surface area contributed by atoms with Gasteiger partial charge < -0.3 is 10.1 Å². The smallest absolute Gasteiger partial charge is 0.258 e. The van der Waals surface area contributed by atoms with Crippen molar-refractivity contribution >= 4 is 5.91 Å². The molecule has 0 spiro atoms. The van der Waals surface area contributed by atoms with E-state index in [1.54, 1.807) is 12.1 Å². The number of halogens is 1. The van der Waals surface area contributed by atoms with Crippen LogP contribution in [0.25, 0.3) is 0 Å². The first-order chi connectivity index (χ1) is 11.6. The van der Waals surface area contributed by atoms with Crippen LogP contribution in [0.3, 0.4) is 0 Å². The summed E-state index contributed by atoms with van der Waals surface area (Å²) in [4.78, 5) is 12.1. The summed E-state index contributed by atoms with van der Waals surface area (Å²) >= 11 is 0. The summed E-state index contributed by atoms with van der Waals surface area (Å²) in [5, 5.41) is 2.88. The summed E-state index contributed by atoms with van der Waals surface area (Å²) in [5.74, 6) is 0.353. The van der Waals surface area contributed by atoms with Gasteiger partial charge in [-0.1, -0.05) is 24.3 Å². The van der Waals surface area contributed by atoms with Crippen molar-refractivity contribution in [3.05, 3.63) is 65.0 Å². The molecule has 0 heterocycles. The SMILES string of the molecule is CC(NC(=O)COc1cccc2c1CCCC2)c1ccc(F)cc1.